The molecule has 0 saturated carbocycles. The predicted molar refractivity (Wildman–Crippen MR) is 54.0 cm³/mol. The number of hydrogen-bond acceptors (Lipinski definition) is 2. The van der Waals surface area contributed by atoms with Crippen molar-refractivity contribution in [3.8, 4) is 0 Å². The van der Waals surface area contributed by atoms with Crippen LogP contribution in [-0.2, 0) is 9.59 Å². The fourth-order valence-corrected chi connectivity index (χ4v) is 0. The van der Waals surface area contributed by atoms with Crippen molar-refractivity contribution in [2.24, 2.45) is 0 Å². The van der Waals surface area contributed by atoms with Gasteiger partial charge in [0.05, 0.1) is 0 Å². The zero-order chi connectivity index (χ0) is 11.2. The Balaban J connectivity index is 0. The van der Waals surface area contributed by atoms with Crippen LogP contribution >= 0.6 is 50.7 Å². The first-order valence-electron chi connectivity index (χ1n) is 2.76. The van der Waals surface area contributed by atoms with E-state index in [1.165, 1.54) is 0 Å². The number of rotatable bonds is 1. The molecule has 0 aromatic carbocycles. The molecule has 0 saturated heterocycles. The molecule has 13 heavy (non-hydrogen) atoms. The van der Waals surface area contributed by atoms with Gasteiger partial charge in [0.15, 0.2) is 0 Å². The SMILES string of the molecule is CC(Br)C(=O)O.O=C(O)C(Cl)(Cl)Cl. The van der Waals surface area contributed by atoms with E-state index >= 15 is 0 Å². The molecule has 0 spiro atoms. The molecule has 0 fully saturated rings. The number of alkyl halides is 4. The van der Waals surface area contributed by atoms with E-state index in [9.17, 15) is 9.59 Å². The maximum atomic E-state index is 9.65. The Hall–Kier alpha value is 0.290. The van der Waals surface area contributed by atoms with Gasteiger partial charge in [-0.25, -0.2) is 4.79 Å². The summed E-state index contributed by atoms with van der Waals surface area (Å²) in [6, 6.07) is 0. The van der Waals surface area contributed by atoms with E-state index in [2.05, 4.69) is 15.9 Å². The number of aliphatic carboxylic acids is 2. The smallest absolute Gasteiger partial charge is 0.356 e. The van der Waals surface area contributed by atoms with Crippen LogP contribution in [0.5, 0.6) is 0 Å². The van der Waals surface area contributed by atoms with E-state index < -0.39 is 20.6 Å². The van der Waals surface area contributed by atoms with Gasteiger partial charge in [0.25, 0.3) is 3.79 Å². The van der Waals surface area contributed by atoms with Crippen LogP contribution < -0.4 is 0 Å². The van der Waals surface area contributed by atoms with Crippen molar-refractivity contribution in [3.05, 3.63) is 0 Å². The topological polar surface area (TPSA) is 74.6 Å². The number of halogens is 4. The van der Waals surface area contributed by atoms with Crippen LogP contribution in [0.1, 0.15) is 6.92 Å². The molecule has 0 aliphatic heterocycles. The average Bonchev–Trinajstić information content (AvgIpc) is 1.86. The zero-order valence-electron chi connectivity index (χ0n) is 6.30. The van der Waals surface area contributed by atoms with Gasteiger partial charge >= 0.3 is 11.9 Å². The van der Waals surface area contributed by atoms with E-state index in [0.29, 0.717) is 0 Å². The summed E-state index contributed by atoms with van der Waals surface area (Å²) in [6.07, 6.45) is 0. The van der Waals surface area contributed by atoms with Crippen molar-refractivity contribution >= 4 is 62.7 Å². The average molecular weight is 316 g/mol. The first kappa shape index (κ1) is 15.7. The van der Waals surface area contributed by atoms with Crippen LogP contribution in [0.2, 0.25) is 0 Å². The van der Waals surface area contributed by atoms with Crippen LogP contribution in [-0.4, -0.2) is 30.8 Å². The Bertz CT molecular complexity index is 189. The molecular formula is C5H6BrCl3O4. The van der Waals surface area contributed by atoms with Gasteiger partial charge in [0, 0.05) is 0 Å². The van der Waals surface area contributed by atoms with Gasteiger partial charge in [-0.2, -0.15) is 0 Å². The lowest BCUT2D eigenvalue weighted by atomic mass is 10.5. The summed E-state index contributed by atoms with van der Waals surface area (Å²) < 4.78 is -2.17. The summed E-state index contributed by atoms with van der Waals surface area (Å²) in [7, 11) is 0. The van der Waals surface area contributed by atoms with Crippen LogP contribution in [0, 0.1) is 0 Å². The normalized spacial score (nSPS) is 12.4. The molecule has 0 bridgehead atoms. The van der Waals surface area contributed by atoms with E-state index in [-0.39, 0.29) is 0 Å². The summed E-state index contributed by atoms with van der Waals surface area (Å²) in [5.41, 5.74) is 0. The molecule has 78 valence electrons. The minimum absolute atomic E-state index is 0.419. The highest BCUT2D eigenvalue weighted by atomic mass is 79.9. The molecule has 4 nitrogen and oxygen atoms in total. The molecule has 1 unspecified atom stereocenters. The lowest BCUT2D eigenvalue weighted by Crippen LogP contribution is -2.16. The second kappa shape index (κ2) is 6.70. The molecule has 8 heteroatoms. The molecule has 0 aromatic rings. The number of carbonyl (C=O) groups is 2. The zero-order valence-corrected chi connectivity index (χ0v) is 10.2. The molecule has 0 amide bonds. The van der Waals surface area contributed by atoms with Crippen molar-refractivity contribution in [3.63, 3.8) is 0 Å². The molecule has 0 aliphatic rings. The minimum Gasteiger partial charge on any atom is -0.480 e. The van der Waals surface area contributed by atoms with Gasteiger partial charge in [-0.1, -0.05) is 50.7 Å². The maximum absolute atomic E-state index is 9.65. The Morgan fingerprint density at radius 2 is 1.46 bits per heavy atom. The third kappa shape index (κ3) is 12.3. The Labute approximate surface area is 97.9 Å². The molecule has 0 radical (unpaired) electrons. The van der Waals surface area contributed by atoms with Gasteiger partial charge in [-0.3, -0.25) is 4.79 Å². The van der Waals surface area contributed by atoms with Gasteiger partial charge in [0.2, 0.25) is 0 Å². The predicted octanol–water partition coefficient (Wildman–Crippen LogP) is 2.30. The highest BCUT2D eigenvalue weighted by molar-refractivity contribution is 9.10. The third-order valence-corrected chi connectivity index (χ3v) is 1.46. The summed E-state index contributed by atoms with van der Waals surface area (Å²) >= 11 is 17.2. The molecule has 0 rings (SSSR count). The molecule has 0 heterocycles. The highest BCUT2D eigenvalue weighted by Gasteiger charge is 2.29. The summed E-state index contributed by atoms with van der Waals surface area (Å²) in [6.45, 7) is 1.56. The first-order valence-corrected chi connectivity index (χ1v) is 4.81. The van der Waals surface area contributed by atoms with Crippen LogP contribution in [0.4, 0.5) is 0 Å². The summed E-state index contributed by atoms with van der Waals surface area (Å²) in [4.78, 5) is 18.9. The number of hydrogen-bond donors (Lipinski definition) is 2. The highest BCUT2D eigenvalue weighted by Crippen LogP contribution is 2.25. The number of carboxylic acid groups (broad SMARTS) is 2. The van der Waals surface area contributed by atoms with Crippen LogP contribution in [0.25, 0.3) is 0 Å². The fourth-order valence-electron chi connectivity index (χ4n) is 0. The third-order valence-electron chi connectivity index (χ3n) is 0.583. The fraction of sp³-hybridized carbons (Fsp3) is 0.600. The van der Waals surface area contributed by atoms with Gasteiger partial charge in [0.1, 0.15) is 4.83 Å². The Morgan fingerprint density at radius 3 is 1.46 bits per heavy atom. The number of carboxylic acids is 2. The van der Waals surface area contributed by atoms with E-state index in [1.54, 1.807) is 6.92 Å². The minimum atomic E-state index is -2.17. The van der Waals surface area contributed by atoms with Crippen molar-refractivity contribution in [2.45, 2.75) is 15.5 Å². The lowest BCUT2D eigenvalue weighted by Gasteiger charge is -1.99. The van der Waals surface area contributed by atoms with Crippen molar-refractivity contribution < 1.29 is 19.8 Å². The molecular weight excluding hydrogens is 310 g/mol. The Morgan fingerprint density at radius 1 is 1.31 bits per heavy atom. The molecule has 0 aromatic heterocycles. The monoisotopic (exact) mass is 314 g/mol. The lowest BCUT2D eigenvalue weighted by molar-refractivity contribution is -0.136. The molecule has 1 atom stereocenters. The largest absolute Gasteiger partial charge is 0.480 e. The van der Waals surface area contributed by atoms with E-state index in [0.717, 1.165) is 0 Å². The summed E-state index contributed by atoms with van der Waals surface area (Å²) in [5, 5.41) is 15.8. The van der Waals surface area contributed by atoms with Gasteiger partial charge in [-0.05, 0) is 6.92 Å². The molecule has 0 aliphatic carbocycles. The second-order valence-electron chi connectivity index (χ2n) is 1.76. The maximum Gasteiger partial charge on any atom is 0.356 e. The van der Waals surface area contributed by atoms with E-state index in [1.807, 2.05) is 0 Å². The quantitative estimate of drug-likeness (QED) is 0.728. The van der Waals surface area contributed by atoms with Crippen LogP contribution in [0.3, 0.4) is 0 Å². The van der Waals surface area contributed by atoms with E-state index in [4.69, 9.17) is 45.0 Å². The molecule has 2 N–H and O–H groups in total. The second-order valence-corrected chi connectivity index (χ2v) is 5.41. The van der Waals surface area contributed by atoms with Crippen molar-refractivity contribution in [2.75, 3.05) is 0 Å². The Kier molecular flexibility index (Phi) is 8.12. The standard InChI is InChI=1S/C3H5BrO2.C2HCl3O2/c1-2(4)3(5)6;3-2(4,5)1(6)7/h2H,1H3,(H,5,6);(H,6,7). The first-order chi connectivity index (χ1) is 5.59. The van der Waals surface area contributed by atoms with Gasteiger partial charge in [-0.15, -0.1) is 0 Å². The van der Waals surface area contributed by atoms with Crippen LogP contribution in [0.15, 0.2) is 0 Å². The van der Waals surface area contributed by atoms with Crippen molar-refractivity contribution in [1.82, 2.24) is 0 Å². The van der Waals surface area contributed by atoms with Crippen molar-refractivity contribution in [1.29, 1.82) is 0 Å². The summed E-state index contributed by atoms with van der Waals surface area (Å²) in [5.74, 6) is -2.28. The van der Waals surface area contributed by atoms with Gasteiger partial charge < -0.3 is 10.2 Å².